The van der Waals surface area contributed by atoms with E-state index in [2.05, 4.69) is 10.1 Å². The highest BCUT2D eigenvalue weighted by Crippen LogP contribution is 2.51. The molecule has 3 N–H and O–H groups in total. The zero-order valence-corrected chi connectivity index (χ0v) is 19.1. The first kappa shape index (κ1) is 23.9. The van der Waals surface area contributed by atoms with Crippen LogP contribution in [0.15, 0.2) is 30.3 Å². The van der Waals surface area contributed by atoms with Crippen LogP contribution >= 0.6 is 11.8 Å². The Morgan fingerprint density at radius 1 is 1.22 bits per heavy atom. The molecule has 10 nitrogen and oxygen atoms in total. The molecule has 11 heteroatoms. The molecule has 2 aliphatic rings. The van der Waals surface area contributed by atoms with Crippen molar-refractivity contribution in [1.82, 2.24) is 10.2 Å². The van der Waals surface area contributed by atoms with Crippen LogP contribution in [-0.4, -0.2) is 63.9 Å². The molecule has 0 unspecified atom stereocenters. The van der Waals surface area contributed by atoms with E-state index in [4.69, 9.17) is 15.2 Å². The quantitative estimate of drug-likeness (QED) is 0.347. The van der Waals surface area contributed by atoms with Crippen molar-refractivity contribution in [2.75, 3.05) is 6.61 Å². The van der Waals surface area contributed by atoms with E-state index in [9.17, 15) is 19.2 Å². The van der Waals surface area contributed by atoms with Gasteiger partial charge in [0.15, 0.2) is 0 Å². The second-order valence-corrected chi connectivity index (χ2v) is 9.71. The van der Waals surface area contributed by atoms with Gasteiger partial charge < -0.3 is 30.2 Å². The molecule has 0 radical (unpaired) electrons. The Balaban J connectivity index is 1.63. The summed E-state index contributed by atoms with van der Waals surface area (Å²) in [6, 6.07) is 6.21. The fraction of sp³-hybridized carbons (Fsp3) is 0.524. The van der Waals surface area contributed by atoms with Gasteiger partial charge in [0.1, 0.15) is 23.5 Å². The third kappa shape index (κ3) is 4.68. The van der Waals surface area contributed by atoms with Crippen molar-refractivity contribution < 1.29 is 33.4 Å². The zero-order valence-electron chi connectivity index (χ0n) is 18.3. The molecular formula is C21H27N3O7S. The van der Waals surface area contributed by atoms with Crippen LogP contribution in [0.4, 0.5) is 4.79 Å². The number of ether oxygens (including phenoxy) is 3. The number of amides is 2. The molecule has 2 fully saturated rings. The largest absolute Gasteiger partial charge is 0.511 e. The summed E-state index contributed by atoms with van der Waals surface area (Å²) >= 11 is 1.38. The van der Waals surface area contributed by atoms with E-state index < -0.39 is 58.5 Å². The second kappa shape index (κ2) is 9.37. The van der Waals surface area contributed by atoms with Gasteiger partial charge >= 0.3 is 12.1 Å². The molecular weight excluding hydrogens is 438 g/mol. The van der Waals surface area contributed by atoms with E-state index in [0.29, 0.717) is 5.56 Å². The van der Waals surface area contributed by atoms with Gasteiger partial charge in [-0.15, -0.1) is 11.8 Å². The number of benzene rings is 1. The molecule has 32 heavy (non-hydrogen) atoms. The molecule has 0 aromatic heterocycles. The summed E-state index contributed by atoms with van der Waals surface area (Å²) in [5, 5.41) is 2.26. The van der Waals surface area contributed by atoms with Crippen LogP contribution in [-0.2, 0) is 28.6 Å². The van der Waals surface area contributed by atoms with Crippen molar-refractivity contribution in [2.24, 2.45) is 5.73 Å². The van der Waals surface area contributed by atoms with Crippen LogP contribution in [0.25, 0.3) is 0 Å². The molecule has 2 heterocycles. The third-order valence-electron chi connectivity index (χ3n) is 5.21. The van der Waals surface area contributed by atoms with Crippen LogP contribution in [0.5, 0.6) is 0 Å². The van der Waals surface area contributed by atoms with Crippen LogP contribution in [0.2, 0.25) is 0 Å². The maximum Gasteiger partial charge on any atom is 0.511 e. The summed E-state index contributed by atoms with van der Waals surface area (Å²) in [6.45, 7) is 6.74. The number of esters is 1. The number of β-lactam (4-membered cyclic amide) rings is 1. The van der Waals surface area contributed by atoms with Gasteiger partial charge in [-0.05, 0) is 26.3 Å². The molecule has 2 amide bonds. The maximum atomic E-state index is 12.8. The maximum absolute atomic E-state index is 12.8. The van der Waals surface area contributed by atoms with Crippen LogP contribution in [0.3, 0.4) is 0 Å². The number of hydrogen-bond acceptors (Lipinski definition) is 9. The minimum Gasteiger partial charge on any atom is -0.435 e. The average molecular weight is 466 g/mol. The molecule has 0 saturated carbocycles. The molecule has 1 aromatic carbocycles. The molecule has 2 saturated heterocycles. The van der Waals surface area contributed by atoms with Gasteiger partial charge in [-0.25, -0.2) is 9.59 Å². The van der Waals surface area contributed by atoms with Crippen molar-refractivity contribution >= 4 is 35.7 Å². The highest BCUT2D eigenvalue weighted by Gasteiger charge is 2.64. The van der Waals surface area contributed by atoms with Crippen molar-refractivity contribution in [2.45, 2.75) is 62.2 Å². The monoisotopic (exact) mass is 465 g/mol. The fourth-order valence-corrected chi connectivity index (χ4v) is 5.34. The first-order valence-electron chi connectivity index (χ1n) is 10.2. The molecule has 0 aliphatic carbocycles. The number of carbonyl (C=O) groups is 4. The summed E-state index contributed by atoms with van der Waals surface area (Å²) in [5.74, 6) is -1.58. The minimum absolute atomic E-state index is 0.122. The Morgan fingerprint density at radius 3 is 2.50 bits per heavy atom. The molecule has 1 aromatic rings. The molecule has 5 atom stereocenters. The third-order valence-corrected chi connectivity index (χ3v) is 6.78. The number of nitrogens with zero attached hydrogens (tertiary/aromatic N) is 1. The number of nitrogens with two attached hydrogens (primary N) is 1. The highest BCUT2D eigenvalue weighted by molar-refractivity contribution is 8.01. The number of rotatable bonds is 7. The van der Waals surface area contributed by atoms with E-state index in [1.165, 1.54) is 23.6 Å². The Labute approximate surface area is 190 Å². The summed E-state index contributed by atoms with van der Waals surface area (Å²) in [7, 11) is 0. The molecule has 174 valence electrons. The minimum atomic E-state index is -1.18. The molecule has 3 rings (SSSR count). The summed E-state index contributed by atoms with van der Waals surface area (Å²) in [4.78, 5) is 51.0. The van der Waals surface area contributed by atoms with E-state index in [1.54, 1.807) is 45.0 Å². The van der Waals surface area contributed by atoms with E-state index in [-0.39, 0.29) is 6.61 Å². The average Bonchev–Trinajstić information content (AvgIpc) is 2.99. The number of nitrogens with one attached hydrogen (secondary N) is 1. The lowest BCUT2D eigenvalue weighted by Gasteiger charge is -2.44. The number of fused-ring (bicyclic) bond motifs is 1. The lowest BCUT2D eigenvalue weighted by Crippen LogP contribution is -2.71. The summed E-state index contributed by atoms with van der Waals surface area (Å²) in [5.41, 5.74) is 6.65. The van der Waals surface area contributed by atoms with Crippen molar-refractivity contribution in [3.63, 3.8) is 0 Å². The predicted octanol–water partition coefficient (Wildman–Crippen LogP) is 1.30. The normalized spacial score (nSPS) is 25.1. The Hall–Kier alpha value is -2.79. The van der Waals surface area contributed by atoms with Crippen molar-refractivity contribution in [3.8, 4) is 0 Å². The Morgan fingerprint density at radius 2 is 1.88 bits per heavy atom. The molecule has 0 bridgehead atoms. The van der Waals surface area contributed by atoms with Gasteiger partial charge in [0.25, 0.3) is 0 Å². The van der Waals surface area contributed by atoms with Gasteiger partial charge in [0.05, 0.1) is 6.61 Å². The fourth-order valence-electron chi connectivity index (χ4n) is 3.72. The van der Waals surface area contributed by atoms with Gasteiger partial charge in [-0.1, -0.05) is 30.3 Å². The molecule has 2 aliphatic heterocycles. The number of carbonyl (C=O) groups excluding carboxylic acids is 4. The van der Waals surface area contributed by atoms with E-state index >= 15 is 0 Å². The smallest absolute Gasteiger partial charge is 0.435 e. The first-order chi connectivity index (χ1) is 15.1. The van der Waals surface area contributed by atoms with Crippen molar-refractivity contribution in [1.29, 1.82) is 0 Å². The van der Waals surface area contributed by atoms with Gasteiger partial charge in [0, 0.05) is 11.7 Å². The number of thioether (sulfide) groups is 1. The highest BCUT2D eigenvalue weighted by atomic mass is 32.2. The van der Waals surface area contributed by atoms with Crippen LogP contribution in [0, 0.1) is 0 Å². The first-order valence-corrected chi connectivity index (χ1v) is 11.1. The Bertz CT molecular complexity index is 895. The summed E-state index contributed by atoms with van der Waals surface area (Å²) in [6.07, 6.45) is -2.14. The van der Waals surface area contributed by atoms with Gasteiger partial charge in [0.2, 0.25) is 18.1 Å². The number of hydrogen-bond donors (Lipinski definition) is 2. The second-order valence-electron chi connectivity index (χ2n) is 7.94. The van der Waals surface area contributed by atoms with Crippen molar-refractivity contribution in [3.05, 3.63) is 35.9 Å². The SMILES string of the molecule is CCOC(=O)O[C@H](C)OC(=O)[C@H]1N2C(=O)[C@@H](NC(=O)[C@H](N)c3ccccc3)[C@@H]2SC1(C)C. The van der Waals surface area contributed by atoms with E-state index in [1.807, 2.05) is 6.07 Å². The topological polar surface area (TPSA) is 137 Å². The zero-order chi connectivity index (χ0) is 23.6. The predicted molar refractivity (Wildman–Crippen MR) is 115 cm³/mol. The lowest BCUT2D eigenvalue weighted by atomic mass is 9.95. The van der Waals surface area contributed by atoms with Gasteiger partial charge in [-0.3, -0.25) is 9.59 Å². The summed E-state index contributed by atoms with van der Waals surface area (Å²) < 4.78 is 14.0. The van der Waals surface area contributed by atoms with Crippen LogP contribution < -0.4 is 11.1 Å². The van der Waals surface area contributed by atoms with Crippen LogP contribution in [0.1, 0.15) is 39.3 Å². The lowest BCUT2D eigenvalue weighted by molar-refractivity contribution is -0.180. The van der Waals surface area contributed by atoms with Gasteiger partial charge in [-0.2, -0.15) is 0 Å². The standard InChI is InChI=1S/C21H27N3O7S/c1-5-29-20(28)31-11(2)30-19(27)15-21(3,4)32-18-14(17(26)24(15)18)23-16(25)13(22)12-9-7-6-8-10-12/h6-11,13-15,18H,5,22H2,1-4H3,(H,23,25)/t11-,13-,14-,15-,18+/m1/s1. The molecule has 0 spiro atoms. The Kier molecular flexibility index (Phi) is 6.99. The van der Waals surface area contributed by atoms with E-state index in [0.717, 1.165) is 0 Å².